The molecule has 7 heteroatoms. The molecule has 1 fully saturated rings. The number of amides is 1. The van der Waals surface area contributed by atoms with E-state index in [2.05, 4.69) is 44.1 Å². The van der Waals surface area contributed by atoms with Gasteiger partial charge in [-0.15, -0.1) is 10.2 Å². The van der Waals surface area contributed by atoms with Gasteiger partial charge in [-0.1, -0.05) is 61.9 Å². The molecule has 3 atom stereocenters. The van der Waals surface area contributed by atoms with E-state index in [1.807, 2.05) is 37.3 Å². The summed E-state index contributed by atoms with van der Waals surface area (Å²) in [6.07, 6.45) is 8.22. The van der Waals surface area contributed by atoms with Gasteiger partial charge in [0.1, 0.15) is 0 Å². The molecular formula is C24H29N5OS. The number of thioether (sulfide) groups is 1. The topological polar surface area (TPSA) is 72.7 Å². The number of nitrogens with one attached hydrogen (secondary N) is 1. The summed E-state index contributed by atoms with van der Waals surface area (Å²) in [5.74, 6) is 1.39. The van der Waals surface area contributed by atoms with Crippen molar-refractivity contribution in [2.75, 3.05) is 0 Å². The molecule has 0 aliphatic heterocycles. The van der Waals surface area contributed by atoms with Crippen LogP contribution < -0.4 is 5.32 Å². The Labute approximate surface area is 187 Å². The fourth-order valence-electron chi connectivity index (χ4n) is 4.04. The van der Waals surface area contributed by atoms with Crippen LogP contribution in [0.2, 0.25) is 0 Å². The van der Waals surface area contributed by atoms with Gasteiger partial charge < -0.3 is 5.32 Å². The van der Waals surface area contributed by atoms with E-state index in [4.69, 9.17) is 0 Å². The van der Waals surface area contributed by atoms with Gasteiger partial charge in [0.2, 0.25) is 5.91 Å². The normalized spacial score (nSPS) is 19.7. The van der Waals surface area contributed by atoms with Gasteiger partial charge in [-0.25, -0.2) is 0 Å². The van der Waals surface area contributed by atoms with Gasteiger partial charge in [-0.05, 0) is 43.4 Å². The number of hydrogen-bond acceptors (Lipinski definition) is 5. The average Bonchev–Trinajstić information content (AvgIpc) is 3.18. The van der Waals surface area contributed by atoms with Crippen molar-refractivity contribution in [2.24, 2.45) is 5.92 Å². The predicted octanol–water partition coefficient (Wildman–Crippen LogP) is 4.56. The molecule has 1 aromatic carbocycles. The van der Waals surface area contributed by atoms with Crippen molar-refractivity contribution in [3.8, 4) is 11.4 Å². The quantitative estimate of drug-likeness (QED) is 0.551. The standard InChI is InChI=1S/C24H29N5OS/c1-17-8-6-7-11-21(17)26-23(30)18(2)31-24-28-27-22(20-12-14-25-15-13-20)29(24)16-19-9-4-3-5-10-19/h3-5,9-10,12-15,17-18,21H,6-8,11,16H2,1-2H3,(H,26,30). The highest BCUT2D eigenvalue weighted by Gasteiger charge is 2.26. The molecule has 3 unspecified atom stereocenters. The fraction of sp³-hybridized carbons (Fsp3) is 0.417. The second-order valence-electron chi connectivity index (χ2n) is 8.25. The Morgan fingerprint density at radius 1 is 1.13 bits per heavy atom. The average molecular weight is 436 g/mol. The number of rotatable bonds is 7. The number of carbonyl (C=O) groups excluding carboxylic acids is 1. The summed E-state index contributed by atoms with van der Waals surface area (Å²) in [7, 11) is 0. The number of carbonyl (C=O) groups is 1. The first-order chi connectivity index (χ1) is 15.1. The third-order valence-corrected chi connectivity index (χ3v) is 7.01. The van der Waals surface area contributed by atoms with Crippen molar-refractivity contribution in [3.05, 3.63) is 60.4 Å². The van der Waals surface area contributed by atoms with E-state index in [9.17, 15) is 4.79 Å². The smallest absolute Gasteiger partial charge is 0.233 e. The molecule has 162 valence electrons. The van der Waals surface area contributed by atoms with Gasteiger partial charge in [0.15, 0.2) is 11.0 Å². The first-order valence-electron chi connectivity index (χ1n) is 11.0. The number of nitrogens with zero attached hydrogens (tertiary/aromatic N) is 4. The highest BCUT2D eigenvalue weighted by Crippen LogP contribution is 2.29. The van der Waals surface area contributed by atoms with Crippen LogP contribution in [-0.2, 0) is 11.3 Å². The molecule has 2 aromatic heterocycles. The van der Waals surface area contributed by atoms with Gasteiger partial charge in [-0.3, -0.25) is 14.3 Å². The molecule has 1 aliphatic rings. The minimum atomic E-state index is -0.252. The van der Waals surface area contributed by atoms with Crippen molar-refractivity contribution < 1.29 is 4.79 Å². The van der Waals surface area contributed by atoms with Crippen LogP contribution in [0.25, 0.3) is 11.4 Å². The Morgan fingerprint density at radius 3 is 2.61 bits per heavy atom. The Morgan fingerprint density at radius 2 is 1.87 bits per heavy atom. The molecule has 31 heavy (non-hydrogen) atoms. The summed E-state index contributed by atoms with van der Waals surface area (Å²) in [4.78, 5) is 17.0. The zero-order valence-corrected chi connectivity index (χ0v) is 18.9. The van der Waals surface area contributed by atoms with Crippen LogP contribution >= 0.6 is 11.8 Å². The molecule has 1 amide bonds. The third-order valence-electron chi connectivity index (χ3n) is 5.93. The lowest BCUT2D eigenvalue weighted by atomic mass is 9.86. The van der Waals surface area contributed by atoms with E-state index < -0.39 is 0 Å². The van der Waals surface area contributed by atoms with E-state index in [1.165, 1.54) is 31.0 Å². The molecule has 0 saturated heterocycles. The van der Waals surface area contributed by atoms with Gasteiger partial charge in [0.05, 0.1) is 11.8 Å². The molecule has 1 saturated carbocycles. The number of hydrogen-bond donors (Lipinski definition) is 1. The van der Waals surface area contributed by atoms with Crippen molar-refractivity contribution in [3.63, 3.8) is 0 Å². The van der Waals surface area contributed by atoms with E-state index in [0.29, 0.717) is 12.5 Å². The van der Waals surface area contributed by atoms with Crippen LogP contribution in [0.4, 0.5) is 0 Å². The van der Waals surface area contributed by atoms with Crippen LogP contribution in [0, 0.1) is 5.92 Å². The first-order valence-corrected chi connectivity index (χ1v) is 11.8. The Kier molecular flexibility index (Phi) is 7.02. The number of benzene rings is 1. The maximum atomic E-state index is 12.9. The second-order valence-corrected chi connectivity index (χ2v) is 9.56. The summed E-state index contributed by atoms with van der Waals surface area (Å²) in [6.45, 7) is 4.82. The lowest BCUT2D eigenvalue weighted by Crippen LogP contribution is -2.44. The minimum Gasteiger partial charge on any atom is -0.352 e. The molecule has 0 spiro atoms. The lowest BCUT2D eigenvalue weighted by molar-refractivity contribution is -0.121. The highest BCUT2D eigenvalue weighted by molar-refractivity contribution is 8.00. The van der Waals surface area contributed by atoms with Crippen LogP contribution in [0.15, 0.2) is 60.0 Å². The molecule has 1 aliphatic carbocycles. The van der Waals surface area contributed by atoms with Gasteiger partial charge >= 0.3 is 0 Å². The zero-order chi connectivity index (χ0) is 21.6. The summed E-state index contributed by atoms with van der Waals surface area (Å²) in [5.41, 5.74) is 2.12. The summed E-state index contributed by atoms with van der Waals surface area (Å²) < 4.78 is 2.09. The molecule has 0 radical (unpaired) electrons. The molecule has 4 rings (SSSR count). The predicted molar refractivity (Wildman–Crippen MR) is 124 cm³/mol. The maximum absolute atomic E-state index is 12.9. The SMILES string of the molecule is CC(Sc1nnc(-c2ccncc2)n1Cc1ccccc1)C(=O)NC1CCCCC1C. The number of pyridine rings is 1. The largest absolute Gasteiger partial charge is 0.352 e. The second kappa shape index (κ2) is 10.1. The van der Waals surface area contributed by atoms with Crippen molar-refractivity contribution in [1.82, 2.24) is 25.1 Å². The molecule has 0 bridgehead atoms. The Hall–Kier alpha value is -2.67. The van der Waals surface area contributed by atoms with E-state index in [0.717, 1.165) is 28.5 Å². The van der Waals surface area contributed by atoms with Crippen LogP contribution in [0.1, 0.15) is 45.1 Å². The van der Waals surface area contributed by atoms with Crippen LogP contribution in [0.3, 0.4) is 0 Å². The minimum absolute atomic E-state index is 0.0727. The van der Waals surface area contributed by atoms with Crippen LogP contribution in [-0.4, -0.2) is 36.9 Å². The molecular weight excluding hydrogens is 406 g/mol. The highest BCUT2D eigenvalue weighted by atomic mass is 32.2. The number of aromatic nitrogens is 4. The van der Waals surface area contributed by atoms with Crippen molar-refractivity contribution in [1.29, 1.82) is 0 Å². The molecule has 6 nitrogen and oxygen atoms in total. The molecule has 1 N–H and O–H groups in total. The lowest BCUT2D eigenvalue weighted by Gasteiger charge is -2.30. The van der Waals surface area contributed by atoms with Gasteiger partial charge in [-0.2, -0.15) is 0 Å². The summed E-state index contributed by atoms with van der Waals surface area (Å²) in [6, 6.07) is 14.4. The van der Waals surface area contributed by atoms with E-state index >= 15 is 0 Å². The zero-order valence-electron chi connectivity index (χ0n) is 18.1. The van der Waals surface area contributed by atoms with Crippen molar-refractivity contribution >= 4 is 17.7 Å². The van der Waals surface area contributed by atoms with E-state index in [-0.39, 0.29) is 17.2 Å². The summed E-state index contributed by atoms with van der Waals surface area (Å²) in [5, 5.41) is 12.7. The Balaban J connectivity index is 1.54. The molecule has 2 heterocycles. The Bertz CT molecular complexity index is 992. The van der Waals surface area contributed by atoms with Gasteiger partial charge in [0.25, 0.3) is 0 Å². The molecule has 3 aromatic rings. The maximum Gasteiger partial charge on any atom is 0.233 e. The van der Waals surface area contributed by atoms with Crippen LogP contribution in [0.5, 0.6) is 0 Å². The fourth-order valence-corrected chi connectivity index (χ4v) is 4.90. The summed E-state index contributed by atoms with van der Waals surface area (Å²) >= 11 is 1.46. The third kappa shape index (κ3) is 5.34. The monoisotopic (exact) mass is 435 g/mol. The van der Waals surface area contributed by atoms with Gasteiger partial charge in [0, 0.05) is 24.0 Å². The first kappa shape index (κ1) is 21.6. The van der Waals surface area contributed by atoms with E-state index in [1.54, 1.807) is 12.4 Å². The van der Waals surface area contributed by atoms with Crippen molar-refractivity contribution in [2.45, 2.75) is 62.5 Å².